The predicted octanol–water partition coefficient (Wildman–Crippen LogP) is 4.20. The number of ketones is 1. The van der Waals surface area contributed by atoms with Crippen LogP contribution in [0, 0.1) is 0 Å². The minimum atomic E-state index is -0.0251. The van der Waals surface area contributed by atoms with E-state index in [-0.39, 0.29) is 5.78 Å². The SMILES string of the molecule is CCc1cccc(C(=O)c2ccccc2Nc2ncccc2N)c1. The molecule has 3 aromatic rings. The summed E-state index contributed by atoms with van der Waals surface area (Å²) in [6.45, 7) is 2.07. The Morgan fingerprint density at radius 3 is 2.71 bits per heavy atom. The largest absolute Gasteiger partial charge is 0.396 e. The van der Waals surface area contributed by atoms with Crippen molar-refractivity contribution in [1.29, 1.82) is 0 Å². The molecule has 0 radical (unpaired) electrons. The lowest BCUT2D eigenvalue weighted by Crippen LogP contribution is -2.07. The molecule has 0 spiro atoms. The smallest absolute Gasteiger partial charge is 0.195 e. The Balaban J connectivity index is 1.97. The van der Waals surface area contributed by atoms with E-state index in [0.29, 0.717) is 28.3 Å². The molecular weight excluding hydrogens is 298 g/mol. The number of carbonyl (C=O) groups is 1. The molecule has 3 rings (SSSR count). The Morgan fingerprint density at radius 2 is 1.92 bits per heavy atom. The average molecular weight is 317 g/mol. The van der Waals surface area contributed by atoms with Gasteiger partial charge in [-0.05, 0) is 42.3 Å². The fourth-order valence-electron chi connectivity index (χ4n) is 2.53. The van der Waals surface area contributed by atoms with Crippen LogP contribution < -0.4 is 11.1 Å². The van der Waals surface area contributed by atoms with Crippen molar-refractivity contribution in [3.05, 3.63) is 83.6 Å². The third-order valence-electron chi connectivity index (χ3n) is 3.86. The topological polar surface area (TPSA) is 68.0 Å². The highest BCUT2D eigenvalue weighted by atomic mass is 16.1. The lowest BCUT2D eigenvalue weighted by atomic mass is 9.99. The lowest BCUT2D eigenvalue weighted by Gasteiger charge is -2.12. The van der Waals surface area contributed by atoms with Crippen LogP contribution >= 0.6 is 0 Å². The lowest BCUT2D eigenvalue weighted by molar-refractivity contribution is 0.103. The van der Waals surface area contributed by atoms with Gasteiger partial charge in [-0.1, -0.05) is 37.3 Å². The molecule has 4 nitrogen and oxygen atoms in total. The number of benzene rings is 2. The molecule has 1 heterocycles. The van der Waals surface area contributed by atoms with E-state index in [0.717, 1.165) is 12.0 Å². The van der Waals surface area contributed by atoms with Gasteiger partial charge < -0.3 is 11.1 Å². The fraction of sp³-hybridized carbons (Fsp3) is 0.100. The maximum Gasteiger partial charge on any atom is 0.195 e. The van der Waals surface area contributed by atoms with Crippen molar-refractivity contribution in [3.8, 4) is 0 Å². The van der Waals surface area contributed by atoms with Gasteiger partial charge in [-0.2, -0.15) is 0 Å². The molecule has 3 N–H and O–H groups in total. The summed E-state index contributed by atoms with van der Waals surface area (Å²) in [4.78, 5) is 17.1. The van der Waals surface area contributed by atoms with E-state index in [4.69, 9.17) is 5.73 Å². The number of nitrogens with one attached hydrogen (secondary N) is 1. The summed E-state index contributed by atoms with van der Waals surface area (Å²) in [6.07, 6.45) is 2.55. The summed E-state index contributed by atoms with van der Waals surface area (Å²) in [7, 11) is 0. The van der Waals surface area contributed by atoms with Gasteiger partial charge in [-0.15, -0.1) is 0 Å². The number of para-hydroxylation sites is 1. The quantitative estimate of drug-likeness (QED) is 0.692. The summed E-state index contributed by atoms with van der Waals surface area (Å²) < 4.78 is 0. The highest BCUT2D eigenvalue weighted by Gasteiger charge is 2.14. The van der Waals surface area contributed by atoms with Crippen LogP contribution in [-0.2, 0) is 6.42 Å². The number of hydrogen-bond donors (Lipinski definition) is 2. The second-order valence-electron chi connectivity index (χ2n) is 5.49. The van der Waals surface area contributed by atoms with E-state index in [1.54, 1.807) is 18.3 Å². The fourth-order valence-corrected chi connectivity index (χ4v) is 2.53. The highest BCUT2D eigenvalue weighted by Crippen LogP contribution is 2.25. The van der Waals surface area contributed by atoms with E-state index in [1.165, 1.54) is 0 Å². The van der Waals surface area contributed by atoms with Crippen LogP contribution in [0.5, 0.6) is 0 Å². The Kier molecular flexibility index (Phi) is 4.57. The summed E-state index contributed by atoms with van der Waals surface area (Å²) in [6, 6.07) is 18.6. The summed E-state index contributed by atoms with van der Waals surface area (Å²) >= 11 is 0. The molecule has 1 aromatic heterocycles. The van der Waals surface area contributed by atoms with Crippen LogP contribution in [0.3, 0.4) is 0 Å². The van der Waals surface area contributed by atoms with Crippen molar-refractivity contribution in [2.75, 3.05) is 11.1 Å². The number of aryl methyl sites for hydroxylation is 1. The molecule has 24 heavy (non-hydrogen) atoms. The summed E-state index contributed by atoms with van der Waals surface area (Å²) in [5.41, 5.74) is 9.57. The zero-order valence-electron chi connectivity index (χ0n) is 13.5. The maximum atomic E-state index is 12.9. The second-order valence-corrected chi connectivity index (χ2v) is 5.49. The molecule has 0 saturated carbocycles. The Hall–Kier alpha value is -3.14. The van der Waals surface area contributed by atoms with Crippen molar-refractivity contribution in [3.63, 3.8) is 0 Å². The molecule has 2 aromatic carbocycles. The van der Waals surface area contributed by atoms with Crippen LogP contribution in [0.4, 0.5) is 17.2 Å². The van der Waals surface area contributed by atoms with E-state index in [2.05, 4.69) is 17.2 Å². The van der Waals surface area contributed by atoms with Crippen molar-refractivity contribution in [1.82, 2.24) is 4.98 Å². The molecular formula is C20H19N3O. The van der Waals surface area contributed by atoms with Crippen LogP contribution in [0.2, 0.25) is 0 Å². The van der Waals surface area contributed by atoms with Gasteiger partial charge in [0.25, 0.3) is 0 Å². The number of anilines is 3. The maximum absolute atomic E-state index is 12.9. The number of hydrogen-bond acceptors (Lipinski definition) is 4. The van der Waals surface area contributed by atoms with Crippen molar-refractivity contribution < 1.29 is 4.79 Å². The molecule has 4 heteroatoms. The van der Waals surface area contributed by atoms with Gasteiger partial charge in [0.1, 0.15) is 0 Å². The molecule has 0 aliphatic carbocycles. The van der Waals surface area contributed by atoms with Gasteiger partial charge in [0.15, 0.2) is 11.6 Å². The number of nitrogens with two attached hydrogens (primary N) is 1. The third kappa shape index (κ3) is 3.27. The Labute approximate surface area is 141 Å². The van der Waals surface area contributed by atoms with Crippen molar-refractivity contribution in [2.45, 2.75) is 13.3 Å². The van der Waals surface area contributed by atoms with E-state index in [9.17, 15) is 4.79 Å². The van der Waals surface area contributed by atoms with E-state index in [1.807, 2.05) is 48.5 Å². The minimum absolute atomic E-state index is 0.0251. The molecule has 0 bridgehead atoms. The second kappa shape index (κ2) is 6.96. The van der Waals surface area contributed by atoms with Gasteiger partial charge in [0.2, 0.25) is 0 Å². The molecule has 0 saturated heterocycles. The van der Waals surface area contributed by atoms with Crippen molar-refractivity contribution in [2.24, 2.45) is 0 Å². The van der Waals surface area contributed by atoms with Crippen LogP contribution in [0.25, 0.3) is 0 Å². The van der Waals surface area contributed by atoms with Gasteiger partial charge >= 0.3 is 0 Å². The molecule has 0 aliphatic heterocycles. The summed E-state index contributed by atoms with van der Waals surface area (Å²) in [5.74, 6) is 0.517. The molecule has 0 atom stereocenters. The highest BCUT2D eigenvalue weighted by molar-refractivity contribution is 6.12. The monoisotopic (exact) mass is 317 g/mol. The normalized spacial score (nSPS) is 10.4. The Morgan fingerprint density at radius 1 is 1.08 bits per heavy atom. The zero-order valence-corrected chi connectivity index (χ0v) is 13.5. The summed E-state index contributed by atoms with van der Waals surface area (Å²) in [5, 5.41) is 3.16. The molecule has 120 valence electrons. The Bertz CT molecular complexity index is 874. The average Bonchev–Trinajstić information content (AvgIpc) is 2.63. The van der Waals surface area contributed by atoms with Crippen molar-refractivity contribution >= 4 is 23.0 Å². The first-order valence-electron chi connectivity index (χ1n) is 7.89. The number of nitrogen functional groups attached to an aromatic ring is 1. The van der Waals surface area contributed by atoms with Gasteiger partial charge in [0.05, 0.1) is 11.4 Å². The standard InChI is InChI=1S/C20H19N3O/c1-2-14-7-5-8-15(13-14)19(24)16-9-3-4-11-18(16)23-20-17(21)10-6-12-22-20/h3-13H,2,21H2,1H3,(H,22,23). The molecule has 0 aliphatic rings. The first kappa shape index (κ1) is 15.7. The van der Waals surface area contributed by atoms with Gasteiger partial charge in [-0.25, -0.2) is 4.98 Å². The number of pyridine rings is 1. The van der Waals surface area contributed by atoms with Crippen LogP contribution in [-0.4, -0.2) is 10.8 Å². The molecule has 0 fully saturated rings. The number of rotatable bonds is 5. The molecule has 0 amide bonds. The number of aromatic nitrogens is 1. The first-order chi connectivity index (χ1) is 11.7. The van der Waals surface area contributed by atoms with Crippen LogP contribution in [0.15, 0.2) is 66.9 Å². The van der Waals surface area contributed by atoms with Crippen LogP contribution in [0.1, 0.15) is 28.4 Å². The van der Waals surface area contributed by atoms with E-state index < -0.39 is 0 Å². The zero-order chi connectivity index (χ0) is 16.9. The predicted molar refractivity (Wildman–Crippen MR) is 97.6 cm³/mol. The minimum Gasteiger partial charge on any atom is -0.396 e. The van der Waals surface area contributed by atoms with Gasteiger partial charge in [0, 0.05) is 17.3 Å². The number of carbonyl (C=O) groups excluding carboxylic acids is 1. The number of nitrogens with zero attached hydrogens (tertiary/aromatic N) is 1. The molecule has 0 unspecified atom stereocenters. The first-order valence-corrected chi connectivity index (χ1v) is 7.89. The van der Waals surface area contributed by atoms with E-state index >= 15 is 0 Å². The van der Waals surface area contributed by atoms with Gasteiger partial charge in [-0.3, -0.25) is 4.79 Å². The third-order valence-corrected chi connectivity index (χ3v) is 3.86.